The van der Waals surface area contributed by atoms with Crippen molar-refractivity contribution >= 4 is 67.1 Å². The van der Waals surface area contributed by atoms with E-state index < -0.39 is 0 Å². The van der Waals surface area contributed by atoms with Crippen LogP contribution in [0.4, 0.5) is 10.8 Å². The SMILES string of the molecule is CC1CCN1C=O.CCN/C=C(C)\C(N)=N/c1ncc(C(=O)Nc2c(Br)ccc3[nH]ncc23)s1. The Labute approximate surface area is 209 Å². The van der Waals surface area contributed by atoms with Crippen LogP contribution >= 0.6 is 27.3 Å². The smallest absolute Gasteiger partial charge is 0.267 e. The molecule has 2 amide bonds. The highest BCUT2D eigenvalue weighted by molar-refractivity contribution is 9.10. The molecule has 3 aromatic rings. The first-order valence-electron chi connectivity index (χ1n) is 10.7. The molecule has 1 saturated heterocycles. The van der Waals surface area contributed by atoms with Gasteiger partial charge in [0.1, 0.15) is 10.7 Å². The van der Waals surface area contributed by atoms with Gasteiger partial charge in [-0.2, -0.15) is 5.10 Å². The molecular formula is C22H27BrN8O2S. The lowest BCUT2D eigenvalue weighted by Gasteiger charge is -2.34. The minimum Gasteiger partial charge on any atom is -0.391 e. The number of fused-ring (bicyclic) bond motifs is 1. The molecule has 34 heavy (non-hydrogen) atoms. The molecule has 1 aromatic carbocycles. The monoisotopic (exact) mass is 546 g/mol. The van der Waals surface area contributed by atoms with Crippen molar-refractivity contribution in [3.8, 4) is 0 Å². The van der Waals surface area contributed by atoms with Crippen molar-refractivity contribution in [1.29, 1.82) is 0 Å². The fraction of sp³-hybridized carbons (Fsp3) is 0.318. The van der Waals surface area contributed by atoms with E-state index in [9.17, 15) is 9.59 Å². The summed E-state index contributed by atoms with van der Waals surface area (Å²) >= 11 is 4.62. The molecule has 1 fully saturated rings. The van der Waals surface area contributed by atoms with E-state index in [0.29, 0.717) is 27.6 Å². The zero-order valence-corrected chi connectivity index (χ0v) is 21.5. The van der Waals surface area contributed by atoms with Gasteiger partial charge in [-0.25, -0.2) is 9.98 Å². The molecule has 0 aliphatic carbocycles. The molecular weight excluding hydrogens is 520 g/mol. The molecule has 4 rings (SSSR count). The number of rotatable bonds is 7. The van der Waals surface area contributed by atoms with E-state index in [1.54, 1.807) is 17.3 Å². The van der Waals surface area contributed by atoms with Crippen molar-refractivity contribution in [2.45, 2.75) is 33.2 Å². The van der Waals surface area contributed by atoms with Crippen LogP contribution in [-0.4, -0.2) is 57.4 Å². The normalized spacial score (nSPS) is 15.9. The zero-order chi connectivity index (χ0) is 24.7. The van der Waals surface area contributed by atoms with E-state index >= 15 is 0 Å². The second-order valence-electron chi connectivity index (χ2n) is 7.58. The first-order valence-corrected chi connectivity index (χ1v) is 12.3. The van der Waals surface area contributed by atoms with Gasteiger partial charge in [-0.3, -0.25) is 14.7 Å². The van der Waals surface area contributed by atoms with E-state index in [4.69, 9.17) is 5.73 Å². The van der Waals surface area contributed by atoms with Gasteiger partial charge in [0, 0.05) is 40.8 Å². The predicted octanol–water partition coefficient (Wildman–Crippen LogP) is 3.77. The molecule has 12 heteroatoms. The summed E-state index contributed by atoms with van der Waals surface area (Å²) in [5.74, 6) is 0.0741. The highest BCUT2D eigenvalue weighted by atomic mass is 79.9. The van der Waals surface area contributed by atoms with Gasteiger partial charge in [0.15, 0.2) is 0 Å². The van der Waals surface area contributed by atoms with E-state index in [2.05, 4.69) is 53.7 Å². The summed E-state index contributed by atoms with van der Waals surface area (Å²) in [6.07, 6.45) is 7.03. The summed E-state index contributed by atoms with van der Waals surface area (Å²) in [7, 11) is 0. The van der Waals surface area contributed by atoms with Gasteiger partial charge in [0.25, 0.3) is 5.91 Å². The van der Waals surface area contributed by atoms with Gasteiger partial charge < -0.3 is 21.3 Å². The van der Waals surface area contributed by atoms with E-state index in [0.717, 1.165) is 40.4 Å². The number of hydrogen-bond acceptors (Lipinski definition) is 7. The highest BCUT2D eigenvalue weighted by Crippen LogP contribution is 2.31. The van der Waals surface area contributed by atoms with Crippen LogP contribution in [0.1, 0.15) is 36.9 Å². The van der Waals surface area contributed by atoms with Crippen LogP contribution in [0.15, 0.2) is 45.8 Å². The predicted molar refractivity (Wildman–Crippen MR) is 139 cm³/mol. The van der Waals surface area contributed by atoms with Gasteiger partial charge in [-0.15, -0.1) is 0 Å². The molecule has 10 nitrogen and oxygen atoms in total. The summed E-state index contributed by atoms with van der Waals surface area (Å²) in [6, 6.07) is 4.24. The Balaban J connectivity index is 0.000000396. The molecule has 1 unspecified atom stereocenters. The molecule has 0 saturated carbocycles. The van der Waals surface area contributed by atoms with E-state index in [1.165, 1.54) is 24.0 Å². The lowest BCUT2D eigenvalue weighted by Crippen LogP contribution is -2.44. The molecule has 5 N–H and O–H groups in total. The number of carbonyl (C=O) groups excluding carboxylic acids is 2. The number of benzene rings is 1. The minimum atomic E-state index is -0.276. The molecule has 0 bridgehead atoms. The number of aliphatic imine (C=N–C) groups is 1. The zero-order valence-electron chi connectivity index (χ0n) is 19.1. The standard InChI is InChI=1S/C17H18BrN7OS.C5H9NO/c1-3-20-6-9(2)15(19)24-17-21-8-13(27-17)16(26)23-14-10-7-22-25-12(10)5-4-11(14)18;1-5-2-3-6(5)4-7/h4-8,20H,3H2,1-2H3,(H,22,25)(H,23,26)(H2,19,21,24);4-5H,2-3H2,1H3/b9-6-;. The molecule has 1 aliphatic heterocycles. The maximum atomic E-state index is 12.6. The van der Waals surface area contributed by atoms with Crippen LogP contribution in [0.25, 0.3) is 10.9 Å². The lowest BCUT2D eigenvalue weighted by molar-refractivity contribution is -0.124. The Morgan fingerprint density at radius 3 is 2.85 bits per heavy atom. The molecule has 2 aromatic heterocycles. The number of aromatic amines is 1. The third kappa shape index (κ3) is 6.20. The Kier molecular flexibility index (Phi) is 8.77. The first-order chi connectivity index (χ1) is 16.3. The third-order valence-corrected chi connectivity index (χ3v) is 6.73. The number of amides is 2. The summed E-state index contributed by atoms with van der Waals surface area (Å²) in [5.41, 5.74) is 8.24. The Bertz CT molecular complexity index is 1220. The topological polar surface area (TPSA) is 141 Å². The first kappa shape index (κ1) is 25.4. The number of H-pyrrole nitrogens is 1. The Morgan fingerprint density at radius 2 is 2.24 bits per heavy atom. The number of likely N-dealkylation sites (tertiary alicyclic amines) is 1. The number of nitrogens with two attached hydrogens (primary N) is 1. The van der Waals surface area contributed by atoms with Crippen LogP contribution in [0.3, 0.4) is 0 Å². The van der Waals surface area contributed by atoms with Crippen LogP contribution in [0.5, 0.6) is 0 Å². The number of anilines is 1. The Morgan fingerprint density at radius 1 is 1.44 bits per heavy atom. The molecule has 1 aliphatic rings. The number of halogens is 1. The van der Waals surface area contributed by atoms with Crippen molar-refractivity contribution in [2.24, 2.45) is 10.7 Å². The van der Waals surface area contributed by atoms with Gasteiger partial charge in [-0.05, 0) is 55.3 Å². The molecule has 3 heterocycles. The second kappa shape index (κ2) is 11.7. The minimum absolute atomic E-state index is 0.276. The lowest BCUT2D eigenvalue weighted by atomic mass is 10.1. The third-order valence-electron chi connectivity index (χ3n) is 5.18. The maximum absolute atomic E-state index is 12.6. The number of nitrogens with zero attached hydrogens (tertiary/aromatic N) is 4. The number of thiazole rings is 1. The van der Waals surface area contributed by atoms with Crippen LogP contribution in [-0.2, 0) is 4.79 Å². The van der Waals surface area contributed by atoms with Crippen molar-refractivity contribution in [3.63, 3.8) is 0 Å². The number of amidine groups is 1. The number of aromatic nitrogens is 3. The van der Waals surface area contributed by atoms with Crippen molar-refractivity contribution < 1.29 is 9.59 Å². The van der Waals surface area contributed by atoms with Crippen LogP contribution in [0.2, 0.25) is 0 Å². The van der Waals surface area contributed by atoms with Crippen molar-refractivity contribution in [2.75, 3.05) is 18.4 Å². The number of carbonyl (C=O) groups is 2. The van der Waals surface area contributed by atoms with Crippen LogP contribution in [0, 0.1) is 0 Å². The van der Waals surface area contributed by atoms with Gasteiger partial charge in [0.2, 0.25) is 11.5 Å². The van der Waals surface area contributed by atoms with Crippen LogP contribution < -0.4 is 16.4 Å². The molecule has 0 radical (unpaired) electrons. The van der Waals surface area contributed by atoms with Gasteiger partial charge >= 0.3 is 0 Å². The quantitative estimate of drug-likeness (QED) is 0.202. The average molecular weight is 547 g/mol. The van der Waals surface area contributed by atoms with Gasteiger partial charge in [-0.1, -0.05) is 11.3 Å². The molecule has 0 spiro atoms. The Hall–Kier alpha value is -3.25. The largest absolute Gasteiger partial charge is 0.391 e. The summed E-state index contributed by atoms with van der Waals surface area (Å²) in [6.45, 7) is 7.66. The van der Waals surface area contributed by atoms with E-state index in [-0.39, 0.29) is 5.91 Å². The fourth-order valence-corrected chi connectivity index (χ4v) is 4.07. The highest BCUT2D eigenvalue weighted by Gasteiger charge is 2.20. The fourth-order valence-electron chi connectivity index (χ4n) is 2.93. The second-order valence-corrected chi connectivity index (χ2v) is 9.44. The molecule has 1 atom stereocenters. The number of nitrogens with one attached hydrogen (secondary N) is 3. The molecule has 180 valence electrons. The average Bonchev–Trinajstić information content (AvgIpc) is 3.48. The maximum Gasteiger partial charge on any atom is 0.267 e. The summed E-state index contributed by atoms with van der Waals surface area (Å²) < 4.78 is 0.765. The van der Waals surface area contributed by atoms with Crippen molar-refractivity contribution in [1.82, 2.24) is 25.4 Å². The van der Waals surface area contributed by atoms with Gasteiger partial charge in [0.05, 0.1) is 23.6 Å². The summed E-state index contributed by atoms with van der Waals surface area (Å²) in [5, 5.41) is 14.1. The number of hydrogen-bond donors (Lipinski definition) is 4. The van der Waals surface area contributed by atoms with Crippen molar-refractivity contribution in [3.05, 3.63) is 45.6 Å². The summed E-state index contributed by atoms with van der Waals surface area (Å²) in [4.78, 5) is 33.2. The van der Waals surface area contributed by atoms with E-state index in [1.807, 2.05) is 26.0 Å².